The molecule has 4 rings (SSSR count). The van der Waals surface area contributed by atoms with Crippen molar-refractivity contribution in [3.8, 4) is 11.1 Å². The van der Waals surface area contributed by atoms with E-state index < -0.39 is 12.1 Å². The SMILES string of the molecule is CNC(=O)c1cc(-c2ccccc2)cc2oc([C@@H]3CCCN3C(=O)O)nc12. The average molecular weight is 365 g/mol. The zero-order valence-corrected chi connectivity index (χ0v) is 14.8. The maximum absolute atomic E-state index is 12.4. The number of benzene rings is 2. The van der Waals surface area contributed by atoms with E-state index in [1.165, 1.54) is 4.90 Å². The number of amides is 2. The molecule has 0 aliphatic carbocycles. The zero-order chi connectivity index (χ0) is 19.0. The van der Waals surface area contributed by atoms with Crippen molar-refractivity contribution in [2.24, 2.45) is 0 Å². The molecule has 1 atom stereocenters. The zero-order valence-electron chi connectivity index (χ0n) is 14.8. The van der Waals surface area contributed by atoms with Crippen LogP contribution in [0.1, 0.15) is 35.1 Å². The van der Waals surface area contributed by atoms with E-state index in [4.69, 9.17) is 4.42 Å². The third-order valence-electron chi connectivity index (χ3n) is 4.87. The molecule has 1 aliphatic rings. The van der Waals surface area contributed by atoms with Crippen molar-refractivity contribution in [1.82, 2.24) is 15.2 Å². The van der Waals surface area contributed by atoms with Crippen LogP contribution in [0.15, 0.2) is 46.9 Å². The molecule has 0 radical (unpaired) electrons. The fourth-order valence-corrected chi connectivity index (χ4v) is 3.55. The molecule has 7 nitrogen and oxygen atoms in total. The average Bonchev–Trinajstić information content (AvgIpc) is 3.33. The number of fused-ring (bicyclic) bond motifs is 1. The third kappa shape index (κ3) is 3.01. The molecular formula is C20H19N3O4. The summed E-state index contributed by atoms with van der Waals surface area (Å²) in [6.45, 7) is 0.455. The molecule has 2 amide bonds. The Morgan fingerprint density at radius 3 is 2.70 bits per heavy atom. The highest BCUT2D eigenvalue weighted by molar-refractivity contribution is 6.06. The number of hydrogen-bond acceptors (Lipinski definition) is 4. The first kappa shape index (κ1) is 17.1. The van der Waals surface area contributed by atoms with Crippen LogP contribution in [0.5, 0.6) is 0 Å². The van der Waals surface area contributed by atoms with E-state index in [0.717, 1.165) is 17.5 Å². The predicted octanol–water partition coefficient (Wildman–Crippen LogP) is 3.67. The first-order valence-electron chi connectivity index (χ1n) is 8.80. The summed E-state index contributed by atoms with van der Waals surface area (Å²) in [5.41, 5.74) is 3.12. The fourth-order valence-electron chi connectivity index (χ4n) is 3.55. The van der Waals surface area contributed by atoms with Gasteiger partial charge in [-0.3, -0.25) is 9.69 Å². The molecule has 0 saturated carbocycles. The number of likely N-dealkylation sites (tertiary alicyclic amines) is 1. The first-order valence-corrected chi connectivity index (χ1v) is 8.80. The van der Waals surface area contributed by atoms with Gasteiger partial charge in [-0.2, -0.15) is 0 Å². The first-order chi connectivity index (χ1) is 13.1. The van der Waals surface area contributed by atoms with Crippen LogP contribution in [0, 0.1) is 0 Å². The number of hydrogen-bond donors (Lipinski definition) is 2. The lowest BCUT2D eigenvalue weighted by Gasteiger charge is -2.17. The van der Waals surface area contributed by atoms with E-state index in [0.29, 0.717) is 35.5 Å². The number of nitrogens with one attached hydrogen (secondary N) is 1. The van der Waals surface area contributed by atoms with E-state index in [2.05, 4.69) is 10.3 Å². The normalized spacial score (nSPS) is 16.6. The van der Waals surface area contributed by atoms with E-state index in [9.17, 15) is 14.7 Å². The summed E-state index contributed by atoms with van der Waals surface area (Å²) in [5.74, 6) is 0.0689. The summed E-state index contributed by atoms with van der Waals surface area (Å²) in [5, 5.41) is 12.0. The number of carboxylic acid groups (broad SMARTS) is 1. The highest BCUT2D eigenvalue weighted by Crippen LogP contribution is 2.35. The molecule has 1 aromatic heterocycles. The van der Waals surface area contributed by atoms with Crippen molar-refractivity contribution in [2.45, 2.75) is 18.9 Å². The molecule has 1 saturated heterocycles. The Balaban J connectivity index is 1.86. The number of carbonyl (C=O) groups excluding carboxylic acids is 1. The Morgan fingerprint density at radius 1 is 1.22 bits per heavy atom. The number of carbonyl (C=O) groups is 2. The van der Waals surface area contributed by atoms with Crippen molar-refractivity contribution in [2.75, 3.05) is 13.6 Å². The maximum Gasteiger partial charge on any atom is 0.407 e. The molecule has 138 valence electrons. The Kier molecular flexibility index (Phi) is 4.27. The fraction of sp³-hybridized carbons (Fsp3) is 0.250. The monoisotopic (exact) mass is 365 g/mol. The molecule has 7 heteroatoms. The Labute approximate surface area is 155 Å². The smallest absolute Gasteiger partial charge is 0.407 e. The highest BCUT2D eigenvalue weighted by Gasteiger charge is 2.34. The van der Waals surface area contributed by atoms with Crippen LogP contribution >= 0.6 is 0 Å². The van der Waals surface area contributed by atoms with E-state index in [1.54, 1.807) is 13.1 Å². The van der Waals surface area contributed by atoms with Gasteiger partial charge in [-0.25, -0.2) is 9.78 Å². The minimum Gasteiger partial charge on any atom is -0.465 e. The second-order valence-corrected chi connectivity index (χ2v) is 6.50. The molecule has 0 bridgehead atoms. The number of oxazole rings is 1. The lowest BCUT2D eigenvalue weighted by Crippen LogP contribution is -2.28. The van der Waals surface area contributed by atoms with Crippen molar-refractivity contribution in [3.05, 3.63) is 53.9 Å². The van der Waals surface area contributed by atoms with Gasteiger partial charge in [0.2, 0.25) is 5.89 Å². The van der Waals surface area contributed by atoms with Gasteiger partial charge < -0.3 is 14.8 Å². The maximum atomic E-state index is 12.4. The summed E-state index contributed by atoms with van der Waals surface area (Å²) >= 11 is 0. The Hall–Kier alpha value is -3.35. The summed E-state index contributed by atoms with van der Waals surface area (Å²) in [4.78, 5) is 29.7. The Bertz CT molecular complexity index is 1010. The molecule has 2 aromatic carbocycles. The van der Waals surface area contributed by atoms with Crippen LogP contribution in [-0.4, -0.2) is 40.6 Å². The quantitative estimate of drug-likeness (QED) is 0.738. The third-order valence-corrected chi connectivity index (χ3v) is 4.87. The summed E-state index contributed by atoms with van der Waals surface area (Å²) in [6.07, 6.45) is 0.420. The van der Waals surface area contributed by atoms with Crippen molar-refractivity contribution in [3.63, 3.8) is 0 Å². The van der Waals surface area contributed by atoms with Gasteiger partial charge in [0, 0.05) is 13.6 Å². The predicted molar refractivity (Wildman–Crippen MR) is 99.5 cm³/mol. The van der Waals surface area contributed by atoms with Gasteiger partial charge in [0.1, 0.15) is 11.6 Å². The van der Waals surface area contributed by atoms with Crippen LogP contribution in [0.25, 0.3) is 22.2 Å². The van der Waals surface area contributed by atoms with Crippen LogP contribution in [-0.2, 0) is 0 Å². The molecule has 0 spiro atoms. The van der Waals surface area contributed by atoms with Crippen LogP contribution in [0.4, 0.5) is 4.79 Å². The Morgan fingerprint density at radius 2 is 2.00 bits per heavy atom. The van der Waals surface area contributed by atoms with Gasteiger partial charge in [-0.05, 0) is 36.1 Å². The van der Waals surface area contributed by atoms with Gasteiger partial charge >= 0.3 is 6.09 Å². The molecule has 27 heavy (non-hydrogen) atoms. The summed E-state index contributed by atoms with van der Waals surface area (Å²) in [6, 6.07) is 12.9. The molecule has 2 N–H and O–H groups in total. The van der Waals surface area contributed by atoms with Gasteiger partial charge in [0.25, 0.3) is 5.91 Å². The molecule has 1 aliphatic heterocycles. The largest absolute Gasteiger partial charge is 0.465 e. The van der Waals surface area contributed by atoms with Crippen LogP contribution in [0.2, 0.25) is 0 Å². The van der Waals surface area contributed by atoms with E-state index in [1.807, 2.05) is 36.4 Å². The summed E-state index contributed by atoms with van der Waals surface area (Å²) in [7, 11) is 1.56. The number of nitrogens with zero attached hydrogens (tertiary/aromatic N) is 2. The second kappa shape index (κ2) is 6.75. The van der Waals surface area contributed by atoms with Crippen LogP contribution in [0.3, 0.4) is 0 Å². The van der Waals surface area contributed by atoms with E-state index >= 15 is 0 Å². The highest BCUT2D eigenvalue weighted by atomic mass is 16.4. The van der Waals surface area contributed by atoms with Gasteiger partial charge in [-0.15, -0.1) is 0 Å². The van der Waals surface area contributed by atoms with Crippen molar-refractivity contribution >= 4 is 23.1 Å². The van der Waals surface area contributed by atoms with E-state index in [-0.39, 0.29) is 5.91 Å². The molecule has 3 aromatic rings. The molecule has 0 unspecified atom stereocenters. The van der Waals surface area contributed by atoms with Crippen LogP contribution < -0.4 is 5.32 Å². The number of rotatable bonds is 3. The topological polar surface area (TPSA) is 95.7 Å². The molecule has 2 heterocycles. The van der Waals surface area contributed by atoms with Crippen molar-refractivity contribution < 1.29 is 19.1 Å². The minimum absolute atomic E-state index is 0.265. The molecular weight excluding hydrogens is 346 g/mol. The molecule has 1 fully saturated rings. The van der Waals surface area contributed by atoms with Gasteiger partial charge in [0.15, 0.2) is 5.58 Å². The van der Waals surface area contributed by atoms with Crippen molar-refractivity contribution in [1.29, 1.82) is 0 Å². The lowest BCUT2D eigenvalue weighted by atomic mass is 10.0. The summed E-state index contributed by atoms with van der Waals surface area (Å²) < 4.78 is 5.93. The van der Waals surface area contributed by atoms with Gasteiger partial charge in [-0.1, -0.05) is 30.3 Å². The number of aromatic nitrogens is 1. The van der Waals surface area contributed by atoms with Gasteiger partial charge in [0.05, 0.1) is 5.56 Å². The second-order valence-electron chi connectivity index (χ2n) is 6.50. The lowest BCUT2D eigenvalue weighted by molar-refractivity contribution is 0.0964. The minimum atomic E-state index is -0.990. The standard InChI is InChI=1S/C20H19N3O4/c1-21-18(24)14-10-13(12-6-3-2-4-7-12)11-16-17(14)22-19(27-16)15-8-5-9-23(15)20(25)26/h2-4,6-7,10-11,15H,5,8-9H2,1H3,(H,21,24)(H,25,26)/t15-/m0/s1.